The maximum Gasteiger partial charge on any atom is 0.253 e. The van der Waals surface area contributed by atoms with Gasteiger partial charge in [-0.25, -0.2) is 12.7 Å². The van der Waals surface area contributed by atoms with Crippen LogP contribution in [0.1, 0.15) is 23.2 Å². The number of amides is 1. The molecule has 0 aromatic heterocycles. The van der Waals surface area contributed by atoms with Gasteiger partial charge < -0.3 is 20.7 Å². The molecule has 1 amide bonds. The van der Waals surface area contributed by atoms with Gasteiger partial charge in [-0.05, 0) is 37.0 Å². The smallest absolute Gasteiger partial charge is 0.253 e. The number of carbonyl (C=O) groups excluding carboxylic acids is 1. The molecular formula is C18H28N4O4S. The van der Waals surface area contributed by atoms with Gasteiger partial charge >= 0.3 is 0 Å². The maximum atomic E-state index is 13.0. The summed E-state index contributed by atoms with van der Waals surface area (Å²) in [6.07, 6.45) is 2.13. The molecule has 0 bridgehead atoms. The lowest BCUT2D eigenvalue weighted by Gasteiger charge is -2.31. The van der Waals surface area contributed by atoms with E-state index in [0.29, 0.717) is 44.3 Å². The Morgan fingerprint density at radius 3 is 2.56 bits per heavy atom. The van der Waals surface area contributed by atoms with Crippen molar-refractivity contribution < 1.29 is 17.9 Å². The predicted octanol–water partition coefficient (Wildman–Crippen LogP) is 0.241. The molecule has 2 aliphatic rings. The zero-order valence-corrected chi connectivity index (χ0v) is 16.7. The number of benzene rings is 1. The van der Waals surface area contributed by atoms with Crippen molar-refractivity contribution in [3.05, 3.63) is 23.8 Å². The van der Waals surface area contributed by atoms with E-state index >= 15 is 0 Å². The molecule has 3 N–H and O–H groups in total. The van der Waals surface area contributed by atoms with Gasteiger partial charge in [-0.1, -0.05) is 0 Å². The van der Waals surface area contributed by atoms with Gasteiger partial charge in [-0.2, -0.15) is 0 Å². The summed E-state index contributed by atoms with van der Waals surface area (Å²) >= 11 is 0. The van der Waals surface area contributed by atoms with Crippen LogP contribution in [0.5, 0.6) is 0 Å². The van der Waals surface area contributed by atoms with Crippen LogP contribution in [0.2, 0.25) is 0 Å². The molecule has 0 spiro atoms. The van der Waals surface area contributed by atoms with Crippen LogP contribution < -0.4 is 16.0 Å². The van der Waals surface area contributed by atoms with Gasteiger partial charge in [0.1, 0.15) is 0 Å². The van der Waals surface area contributed by atoms with Crippen molar-refractivity contribution in [3.8, 4) is 0 Å². The first-order valence-electron chi connectivity index (χ1n) is 9.25. The topological polar surface area (TPSA) is 105 Å². The summed E-state index contributed by atoms with van der Waals surface area (Å²) in [4.78, 5) is 15.2. The number of morpholine rings is 1. The molecule has 0 radical (unpaired) electrons. The summed E-state index contributed by atoms with van der Waals surface area (Å²) in [7, 11) is -0.684. The summed E-state index contributed by atoms with van der Waals surface area (Å²) in [5.74, 6) is 0.133. The van der Waals surface area contributed by atoms with E-state index in [0.717, 1.165) is 22.8 Å². The zero-order valence-electron chi connectivity index (χ0n) is 15.8. The fraction of sp³-hybridized carbons (Fsp3) is 0.611. The summed E-state index contributed by atoms with van der Waals surface area (Å²) in [5.41, 5.74) is 6.90. The molecule has 3 rings (SSSR count). The van der Waals surface area contributed by atoms with E-state index in [-0.39, 0.29) is 16.8 Å². The monoisotopic (exact) mass is 396 g/mol. The van der Waals surface area contributed by atoms with Crippen LogP contribution >= 0.6 is 0 Å². The van der Waals surface area contributed by atoms with Crippen LogP contribution in [-0.4, -0.2) is 71.6 Å². The third kappa shape index (κ3) is 4.43. The normalized spacial score (nSPS) is 19.2. The van der Waals surface area contributed by atoms with Gasteiger partial charge in [0.25, 0.3) is 5.91 Å². The first-order valence-corrected chi connectivity index (χ1v) is 10.7. The number of hydrogen-bond acceptors (Lipinski definition) is 6. The Bertz CT molecular complexity index is 787. The van der Waals surface area contributed by atoms with Crippen molar-refractivity contribution in [2.45, 2.75) is 23.8 Å². The van der Waals surface area contributed by atoms with E-state index in [1.54, 1.807) is 12.1 Å². The molecule has 1 aromatic rings. The Morgan fingerprint density at radius 1 is 1.33 bits per heavy atom. The largest absolute Gasteiger partial charge is 0.378 e. The lowest BCUT2D eigenvalue weighted by molar-refractivity contribution is 0.0932. The number of anilines is 1. The molecule has 1 aliphatic carbocycles. The first-order chi connectivity index (χ1) is 12.8. The highest BCUT2D eigenvalue weighted by Gasteiger charge is 2.32. The Morgan fingerprint density at radius 2 is 2.00 bits per heavy atom. The summed E-state index contributed by atoms with van der Waals surface area (Å²) in [6, 6.07) is 4.66. The third-order valence-electron chi connectivity index (χ3n) is 5.10. The van der Waals surface area contributed by atoms with E-state index < -0.39 is 10.0 Å². The Hall–Kier alpha value is -1.68. The number of rotatable bonds is 7. The van der Waals surface area contributed by atoms with E-state index in [1.165, 1.54) is 20.2 Å². The average Bonchev–Trinajstić information content (AvgIpc) is 3.51. The number of carbonyl (C=O) groups is 1. The highest BCUT2D eigenvalue weighted by Crippen LogP contribution is 2.33. The molecule has 1 aliphatic heterocycles. The molecule has 1 saturated heterocycles. The van der Waals surface area contributed by atoms with Gasteiger partial charge in [0.15, 0.2) is 0 Å². The van der Waals surface area contributed by atoms with E-state index in [4.69, 9.17) is 10.5 Å². The van der Waals surface area contributed by atoms with Crippen LogP contribution in [0.15, 0.2) is 23.1 Å². The van der Waals surface area contributed by atoms with Crippen LogP contribution in [0, 0.1) is 5.92 Å². The minimum Gasteiger partial charge on any atom is -0.378 e. The van der Waals surface area contributed by atoms with Gasteiger partial charge in [0.05, 0.1) is 23.7 Å². The van der Waals surface area contributed by atoms with Gasteiger partial charge in [0.2, 0.25) is 10.0 Å². The van der Waals surface area contributed by atoms with Crippen molar-refractivity contribution >= 4 is 21.6 Å². The quantitative estimate of drug-likeness (QED) is 0.684. The lowest BCUT2D eigenvalue weighted by atomic mass is 10.1. The fourth-order valence-electron chi connectivity index (χ4n) is 3.26. The van der Waals surface area contributed by atoms with Gasteiger partial charge in [0, 0.05) is 45.5 Å². The van der Waals surface area contributed by atoms with Gasteiger partial charge in [-0.3, -0.25) is 4.79 Å². The SMILES string of the molecule is CN(C)S(=O)(=O)c1ccc(N2CCOCC2)c(C(=O)NC(CN)C2CC2)c1. The van der Waals surface area contributed by atoms with Crippen molar-refractivity contribution in [3.63, 3.8) is 0 Å². The minimum atomic E-state index is -3.63. The predicted molar refractivity (Wildman–Crippen MR) is 103 cm³/mol. The van der Waals surface area contributed by atoms with E-state index in [1.807, 2.05) is 0 Å². The maximum absolute atomic E-state index is 13.0. The van der Waals surface area contributed by atoms with Crippen LogP contribution in [-0.2, 0) is 14.8 Å². The highest BCUT2D eigenvalue weighted by atomic mass is 32.2. The standard InChI is InChI=1S/C18H28N4O4S/c1-21(2)27(24,25)14-5-6-17(22-7-9-26-10-8-22)15(11-14)18(23)20-16(12-19)13-3-4-13/h5-6,11,13,16H,3-4,7-10,12,19H2,1-2H3,(H,20,23). The number of sulfonamides is 1. The van der Waals surface area contributed by atoms with Crippen molar-refractivity contribution in [2.24, 2.45) is 11.7 Å². The highest BCUT2D eigenvalue weighted by molar-refractivity contribution is 7.89. The Balaban J connectivity index is 1.96. The van der Waals surface area contributed by atoms with Crippen molar-refractivity contribution in [1.29, 1.82) is 0 Å². The molecule has 9 heteroatoms. The summed E-state index contributed by atoms with van der Waals surface area (Å²) < 4.78 is 31.6. The van der Waals surface area contributed by atoms with Crippen LogP contribution in [0.25, 0.3) is 0 Å². The zero-order chi connectivity index (χ0) is 19.6. The Labute approximate surface area is 160 Å². The third-order valence-corrected chi connectivity index (χ3v) is 6.92. The van der Waals surface area contributed by atoms with E-state index in [2.05, 4.69) is 10.2 Å². The minimum absolute atomic E-state index is 0.0795. The number of nitrogens with one attached hydrogen (secondary N) is 1. The van der Waals surface area contributed by atoms with Crippen LogP contribution in [0.3, 0.4) is 0 Å². The second-order valence-electron chi connectivity index (χ2n) is 7.22. The van der Waals surface area contributed by atoms with E-state index in [9.17, 15) is 13.2 Å². The molecule has 1 aromatic carbocycles. The Kier molecular flexibility index (Phi) is 6.05. The average molecular weight is 397 g/mol. The second-order valence-corrected chi connectivity index (χ2v) is 9.37. The van der Waals surface area contributed by atoms with Crippen LogP contribution in [0.4, 0.5) is 5.69 Å². The molecule has 1 heterocycles. The molecule has 1 atom stereocenters. The summed E-state index contributed by atoms with van der Waals surface area (Å²) in [5, 5.41) is 3.00. The number of ether oxygens (including phenoxy) is 1. The molecule has 1 unspecified atom stereocenters. The van der Waals surface area contributed by atoms with Gasteiger partial charge in [-0.15, -0.1) is 0 Å². The lowest BCUT2D eigenvalue weighted by Crippen LogP contribution is -2.43. The molecule has 2 fully saturated rings. The molecule has 1 saturated carbocycles. The molecule has 27 heavy (non-hydrogen) atoms. The second kappa shape index (κ2) is 8.14. The fourth-order valence-corrected chi connectivity index (χ4v) is 4.19. The number of nitrogens with two attached hydrogens (primary N) is 1. The van der Waals surface area contributed by atoms with Crippen molar-refractivity contribution in [2.75, 3.05) is 51.8 Å². The molecular weight excluding hydrogens is 368 g/mol. The number of hydrogen-bond donors (Lipinski definition) is 2. The first kappa shape index (κ1) is 20.1. The number of nitrogens with zero attached hydrogens (tertiary/aromatic N) is 2. The molecule has 150 valence electrons. The molecule has 8 nitrogen and oxygen atoms in total. The van der Waals surface area contributed by atoms with Crippen molar-refractivity contribution in [1.82, 2.24) is 9.62 Å². The summed E-state index contributed by atoms with van der Waals surface area (Å²) in [6.45, 7) is 2.84.